The first-order valence-corrected chi connectivity index (χ1v) is 5.37. The molecule has 0 radical (unpaired) electrons. The lowest BCUT2D eigenvalue weighted by atomic mass is 9.92. The molecule has 80 valence electrons. The van der Waals surface area contributed by atoms with Crippen LogP contribution in [0.5, 0.6) is 0 Å². The molecule has 1 aromatic heterocycles. The van der Waals surface area contributed by atoms with Crippen LogP contribution >= 0.6 is 0 Å². The molecule has 1 unspecified atom stereocenters. The fourth-order valence-electron chi connectivity index (χ4n) is 1.92. The molecule has 1 saturated carbocycles. The predicted molar refractivity (Wildman–Crippen MR) is 56.6 cm³/mol. The summed E-state index contributed by atoms with van der Waals surface area (Å²) in [5, 5.41) is 8.86. The number of carbonyl (C=O) groups is 1. The Kier molecular flexibility index (Phi) is 2.99. The molecule has 15 heavy (non-hydrogen) atoms. The number of carboxylic acid groups (broad SMARTS) is 1. The second kappa shape index (κ2) is 4.43. The minimum atomic E-state index is -0.718. The first-order chi connectivity index (χ1) is 7.25. The van der Waals surface area contributed by atoms with Crippen molar-refractivity contribution in [1.29, 1.82) is 0 Å². The Morgan fingerprint density at radius 1 is 1.60 bits per heavy atom. The third-order valence-electron chi connectivity index (χ3n) is 2.89. The second-order valence-corrected chi connectivity index (χ2v) is 4.26. The van der Waals surface area contributed by atoms with Crippen LogP contribution in [0.3, 0.4) is 0 Å². The van der Waals surface area contributed by atoms with Gasteiger partial charge in [0.05, 0.1) is 6.42 Å². The third kappa shape index (κ3) is 3.05. The van der Waals surface area contributed by atoms with Gasteiger partial charge in [-0.1, -0.05) is 18.9 Å². The molecule has 1 fully saturated rings. The fraction of sp³-hybridized carbons (Fsp3) is 0.500. The smallest absolute Gasteiger partial charge is 0.303 e. The van der Waals surface area contributed by atoms with E-state index < -0.39 is 5.97 Å². The topological polar surface area (TPSA) is 50.2 Å². The second-order valence-electron chi connectivity index (χ2n) is 4.26. The van der Waals surface area contributed by atoms with Crippen molar-refractivity contribution in [1.82, 2.24) is 4.98 Å². The van der Waals surface area contributed by atoms with Crippen molar-refractivity contribution in [3.63, 3.8) is 0 Å². The number of nitrogens with zero attached hydrogens (tertiary/aromatic N) is 1. The van der Waals surface area contributed by atoms with E-state index in [0.29, 0.717) is 0 Å². The summed E-state index contributed by atoms with van der Waals surface area (Å²) < 4.78 is 0. The van der Waals surface area contributed by atoms with Gasteiger partial charge in [0, 0.05) is 12.4 Å². The molecule has 1 aromatic rings. The maximum absolute atomic E-state index is 10.8. The molecule has 0 spiro atoms. The van der Waals surface area contributed by atoms with Crippen molar-refractivity contribution in [2.45, 2.75) is 31.6 Å². The Hall–Kier alpha value is -1.38. The first-order valence-electron chi connectivity index (χ1n) is 5.37. The monoisotopic (exact) mass is 205 g/mol. The zero-order valence-electron chi connectivity index (χ0n) is 8.60. The number of hydrogen-bond acceptors (Lipinski definition) is 2. The summed E-state index contributed by atoms with van der Waals surface area (Å²) >= 11 is 0. The van der Waals surface area contributed by atoms with Gasteiger partial charge >= 0.3 is 5.97 Å². The summed E-state index contributed by atoms with van der Waals surface area (Å²) in [5.74, 6) is 0.169. The van der Waals surface area contributed by atoms with Gasteiger partial charge in [-0.25, -0.2) is 0 Å². The van der Waals surface area contributed by atoms with Gasteiger partial charge in [0.25, 0.3) is 0 Å². The van der Waals surface area contributed by atoms with Crippen molar-refractivity contribution in [2.24, 2.45) is 5.92 Å². The summed E-state index contributed by atoms with van der Waals surface area (Å²) in [4.78, 5) is 14.8. The van der Waals surface area contributed by atoms with E-state index in [-0.39, 0.29) is 12.3 Å². The molecule has 1 aliphatic rings. The van der Waals surface area contributed by atoms with Crippen LogP contribution in [0.2, 0.25) is 0 Å². The van der Waals surface area contributed by atoms with E-state index in [9.17, 15) is 4.79 Å². The van der Waals surface area contributed by atoms with Crippen molar-refractivity contribution >= 4 is 5.97 Å². The van der Waals surface area contributed by atoms with Gasteiger partial charge in [-0.05, 0) is 29.9 Å². The summed E-state index contributed by atoms with van der Waals surface area (Å²) in [5.41, 5.74) is 1.06. The maximum atomic E-state index is 10.8. The zero-order chi connectivity index (χ0) is 10.7. The third-order valence-corrected chi connectivity index (χ3v) is 2.89. The quantitative estimate of drug-likeness (QED) is 0.803. The number of hydrogen-bond donors (Lipinski definition) is 1. The number of pyridine rings is 1. The maximum Gasteiger partial charge on any atom is 0.303 e. The highest BCUT2D eigenvalue weighted by Gasteiger charge is 2.27. The lowest BCUT2D eigenvalue weighted by Crippen LogP contribution is -2.07. The highest BCUT2D eigenvalue weighted by molar-refractivity contribution is 5.68. The summed E-state index contributed by atoms with van der Waals surface area (Å²) in [6.07, 6.45) is 7.25. The molecule has 1 N–H and O–H groups in total. The first kappa shape index (κ1) is 10.1. The normalized spacial score (nSPS) is 17.3. The number of rotatable bonds is 5. The molecule has 2 rings (SSSR count). The molecule has 0 amide bonds. The molecular formula is C12H15NO2. The summed E-state index contributed by atoms with van der Waals surface area (Å²) in [6.45, 7) is 0. The van der Waals surface area contributed by atoms with Gasteiger partial charge in [0.1, 0.15) is 0 Å². The van der Waals surface area contributed by atoms with Gasteiger partial charge in [-0.2, -0.15) is 0 Å². The number of carboxylic acids is 1. The molecular weight excluding hydrogens is 190 g/mol. The van der Waals surface area contributed by atoms with Crippen molar-refractivity contribution < 1.29 is 9.90 Å². The highest BCUT2D eigenvalue weighted by Crippen LogP contribution is 2.39. The standard InChI is InChI=1S/C12H15NO2/c14-12(15)7-11(6-9-3-4-9)10-2-1-5-13-8-10/h1-2,5,8-9,11H,3-4,6-7H2,(H,14,15). The fourth-order valence-corrected chi connectivity index (χ4v) is 1.92. The minimum absolute atomic E-state index is 0.142. The molecule has 1 aliphatic carbocycles. The Bertz CT molecular complexity index is 333. The average Bonchev–Trinajstić information content (AvgIpc) is 3.01. The average molecular weight is 205 g/mol. The molecule has 3 nitrogen and oxygen atoms in total. The highest BCUT2D eigenvalue weighted by atomic mass is 16.4. The van der Waals surface area contributed by atoms with Gasteiger partial charge in [0.2, 0.25) is 0 Å². The van der Waals surface area contributed by atoms with E-state index in [0.717, 1.165) is 17.9 Å². The van der Waals surface area contributed by atoms with Crippen LogP contribution in [0.25, 0.3) is 0 Å². The van der Waals surface area contributed by atoms with E-state index >= 15 is 0 Å². The van der Waals surface area contributed by atoms with Gasteiger partial charge in [-0.15, -0.1) is 0 Å². The Morgan fingerprint density at radius 3 is 2.93 bits per heavy atom. The zero-order valence-corrected chi connectivity index (χ0v) is 8.60. The van der Waals surface area contributed by atoms with Crippen molar-refractivity contribution in [2.75, 3.05) is 0 Å². The number of aromatic nitrogens is 1. The van der Waals surface area contributed by atoms with Gasteiger partial charge in [-0.3, -0.25) is 9.78 Å². The van der Waals surface area contributed by atoms with Crippen LogP contribution in [0.15, 0.2) is 24.5 Å². The molecule has 3 heteroatoms. The van der Waals surface area contributed by atoms with Gasteiger partial charge in [0.15, 0.2) is 0 Å². The lowest BCUT2D eigenvalue weighted by molar-refractivity contribution is -0.137. The van der Waals surface area contributed by atoms with Crippen LogP contribution in [-0.4, -0.2) is 16.1 Å². The summed E-state index contributed by atoms with van der Waals surface area (Å²) in [7, 11) is 0. The predicted octanol–water partition coefficient (Wildman–Crippen LogP) is 2.44. The molecule has 0 bridgehead atoms. The van der Waals surface area contributed by atoms with Crippen LogP contribution in [0.4, 0.5) is 0 Å². The molecule has 0 saturated heterocycles. The van der Waals surface area contributed by atoms with Crippen LogP contribution < -0.4 is 0 Å². The van der Waals surface area contributed by atoms with E-state index in [1.54, 1.807) is 12.4 Å². The number of aliphatic carboxylic acids is 1. The molecule has 1 atom stereocenters. The largest absolute Gasteiger partial charge is 0.481 e. The Labute approximate surface area is 89.2 Å². The van der Waals surface area contributed by atoms with E-state index in [1.165, 1.54) is 12.8 Å². The Morgan fingerprint density at radius 2 is 2.40 bits per heavy atom. The van der Waals surface area contributed by atoms with Crippen molar-refractivity contribution in [3.8, 4) is 0 Å². The summed E-state index contributed by atoms with van der Waals surface area (Å²) in [6, 6.07) is 3.85. The van der Waals surface area contributed by atoms with Crippen molar-refractivity contribution in [3.05, 3.63) is 30.1 Å². The van der Waals surface area contributed by atoms with E-state index in [4.69, 9.17) is 5.11 Å². The van der Waals surface area contributed by atoms with Crippen LogP contribution in [0.1, 0.15) is 37.2 Å². The molecule has 0 aliphatic heterocycles. The SMILES string of the molecule is O=C(O)CC(CC1CC1)c1cccnc1. The minimum Gasteiger partial charge on any atom is -0.481 e. The molecule has 1 heterocycles. The van der Waals surface area contributed by atoms with Gasteiger partial charge < -0.3 is 5.11 Å². The molecule has 0 aromatic carbocycles. The van der Waals surface area contributed by atoms with E-state index in [1.807, 2.05) is 12.1 Å². The van der Waals surface area contributed by atoms with E-state index in [2.05, 4.69) is 4.98 Å². The van der Waals surface area contributed by atoms with Crippen LogP contribution in [-0.2, 0) is 4.79 Å². The Balaban J connectivity index is 2.06. The van der Waals surface area contributed by atoms with Crippen LogP contribution in [0, 0.1) is 5.92 Å². The lowest BCUT2D eigenvalue weighted by Gasteiger charge is -2.13.